The Bertz CT molecular complexity index is 1070. The molecule has 0 aliphatic rings. The first-order valence-electron chi connectivity index (χ1n) is 9.27. The zero-order valence-electron chi connectivity index (χ0n) is 17.2. The van der Waals surface area contributed by atoms with Gasteiger partial charge in [-0.05, 0) is 50.2 Å². The van der Waals surface area contributed by atoms with Crippen LogP contribution >= 0.6 is 11.6 Å². The standard InChI is InChI=1S/C20H23ClN2O7S/c1-4-23(5-2)19(24)12-30-16-9-7-14(11-15(16)21)22-31(27,28)18-10-13(20(25)26)6-8-17(18)29-3/h6-11,22H,4-5,12H2,1-3H3,(H,25,26). The molecule has 0 atom stereocenters. The second-order valence-corrected chi connectivity index (χ2v) is 8.33. The third-order valence-corrected chi connectivity index (χ3v) is 6.05. The Hall–Kier alpha value is -2.98. The van der Waals surface area contributed by atoms with E-state index in [1.807, 2.05) is 13.8 Å². The van der Waals surface area contributed by atoms with Crippen molar-refractivity contribution in [1.29, 1.82) is 0 Å². The Labute approximate surface area is 185 Å². The second-order valence-electron chi connectivity index (χ2n) is 6.28. The molecule has 0 heterocycles. The Morgan fingerprint density at radius 3 is 2.29 bits per heavy atom. The minimum absolute atomic E-state index is 0.0153. The SMILES string of the molecule is CCN(CC)C(=O)COc1ccc(NS(=O)(=O)c2cc(C(=O)O)ccc2OC)cc1Cl. The number of carboxylic acids is 1. The van der Waals surface area contributed by atoms with Crippen molar-refractivity contribution < 1.29 is 32.6 Å². The van der Waals surface area contributed by atoms with Gasteiger partial charge in [0.2, 0.25) is 0 Å². The highest BCUT2D eigenvalue weighted by molar-refractivity contribution is 7.92. The molecule has 0 radical (unpaired) electrons. The average molecular weight is 471 g/mol. The molecule has 0 aliphatic heterocycles. The first-order chi connectivity index (χ1) is 14.6. The highest BCUT2D eigenvalue weighted by Crippen LogP contribution is 2.31. The van der Waals surface area contributed by atoms with Gasteiger partial charge in [0.1, 0.15) is 16.4 Å². The maximum atomic E-state index is 12.8. The van der Waals surface area contributed by atoms with E-state index in [-0.39, 0.29) is 45.2 Å². The average Bonchev–Trinajstić information content (AvgIpc) is 2.73. The number of hydrogen-bond donors (Lipinski definition) is 2. The lowest BCUT2D eigenvalue weighted by molar-refractivity contribution is -0.132. The predicted molar refractivity (Wildman–Crippen MR) is 116 cm³/mol. The van der Waals surface area contributed by atoms with Crippen LogP contribution in [-0.2, 0) is 14.8 Å². The van der Waals surface area contributed by atoms with Gasteiger partial charge in [0.25, 0.3) is 15.9 Å². The zero-order chi connectivity index (χ0) is 23.2. The van der Waals surface area contributed by atoms with Crippen LogP contribution < -0.4 is 14.2 Å². The lowest BCUT2D eigenvalue weighted by atomic mass is 10.2. The van der Waals surface area contributed by atoms with Crippen LogP contribution in [0.5, 0.6) is 11.5 Å². The molecular weight excluding hydrogens is 448 g/mol. The quantitative estimate of drug-likeness (QED) is 0.547. The number of aromatic carboxylic acids is 1. The minimum atomic E-state index is -4.18. The van der Waals surface area contributed by atoms with Gasteiger partial charge in [0.15, 0.2) is 6.61 Å². The summed E-state index contributed by atoms with van der Waals surface area (Å²) in [6.45, 7) is 4.62. The summed E-state index contributed by atoms with van der Waals surface area (Å²) in [5.41, 5.74) is -0.0870. The van der Waals surface area contributed by atoms with Crippen molar-refractivity contribution in [3.8, 4) is 11.5 Å². The monoisotopic (exact) mass is 470 g/mol. The molecule has 0 aromatic heterocycles. The molecule has 0 aliphatic carbocycles. The van der Waals surface area contributed by atoms with Crippen molar-refractivity contribution in [3.63, 3.8) is 0 Å². The zero-order valence-corrected chi connectivity index (χ0v) is 18.8. The summed E-state index contributed by atoms with van der Waals surface area (Å²) < 4.78 is 38.4. The van der Waals surface area contributed by atoms with Crippen molar-refractivity contribution in [2.45, 2.75) is 18.7 Å². The van der Waals surface area contributed by atoms with Crippen LogP contribution in [0.25, 0.3) is 0 Å². The molecule has 2 rings (SSSR count). The summed E-state index contributed by atoms with van der Waals surface area (Å²) in [6, 6.07) is 7.66. The molecule has 0 bridgehead atoms. The number of likely N-dealkylation sites (N-methyl/N-ethyl adjacent to an activating group) is 1. The summed E-state index contributed by atoms with van der Waals surface area (Å²) in [5, 5.41) is 9.23. The predicted octanol–water partition coefficient (Wildman–Crippen LogP) is 3.09. The van der Waals surface area contributed by atoms with Crippen LogP contribution in [0, 0.1) is 0 Å². The van der Waals surface area contributed by atoms with Gasteiger partial charge in [-0.25, -0.2) is 13.2 Å². The smallest absolute Gasteiger partial charge is 0.335 e. The number of carboxylic acid groups (broad SMARTS) is 1. The van der Waals surface area contributed by atoms with E-state index >= 15 is 0 Å². The lowest BCUT2D eigenvalue weighted by Crippen LogP contribution is -2.34. The molecule has 0 saturated heterocycles. The Kier molecular flexibility index (Phi) is 8.12. The minimum Gasteiger partial charge on any atom is -0.495 e. The van der Waals surface area contributed by atoms with Crippen LogP contribution in [0.1, 0.15) is 24.2 Å². The molecule has 0 spiro atoms. The molecular formula is C20H23ClN2O7S. The number of carbonyl (C=O) groups excluding carboxylic acids is 1. The number of rotatable bonds is 10. The highest BCUT2D eigenvalue weighted by atomic mass is 35.5. The molecule has 2 aromatic carbocycles. The molecule has 0 unspecified atom stereocenters. The van der Waals surface area contributed by atoms with Crippen LogP contribution in [0.3, 0.4) is 0 Å². The number of sulfonamides is 1. The Morgan fingerprint density at radius 2 is 1.74 bits per heavy atom. The summed E-state index contributed by atoms with van der Waals surface area (Å²) in [6.07, 6.45) is 0. The number of methoxy groups -OCH3 is 1. The number of halogens is 1. The number of benzene rings is 2. The second kappa shape index (κ2) is 10.4. The number of hydrogen-bond acceptors (Lipinski definition) is 6. The highest BCUT2D eigenvalue weighted by Gasteiger charge is 2.22. The molecule has 11 heteroatoms. The van der Waals surface area contributed by atoms with Crippen molar-refractivity contribution >= 4 is 39.2 Å². The fourth-order valence-corrected chi connectivity index (χ4v) is 4.20. The number of nitrogens with zero attached hydrogens (tertiary/aromatic N) is 1. The van der Waals surface area contributed by atoms with E-state index in [4.69, 9.17) is 26.2 Å². The van der Waals surface area contributed by atoms with E-state index in [1.54, 1.807) is 4.90 Å². The molecule has 2 N–H and O–H groups in total. The van der Waals surface area contributed by atoms with Crippen molar-refractivity contribution in [3.05, 3.63) is 47.0 Å². The molecule has 1 amide bonds. The van der Waals surface area contributed by atoms with Gasteiger partial charge in [0, 0.05) is 13.1 Å². The molecule has 0 saturated carbocycles. The Balaban J connectivity index is 2.22. The van der Waals surface area contributed by atoms with Crippen molar-refractivity contribution in [1.82, 2.24) is 4.90 Å². The maximum Gasteiger partial charge on any atom is 0.335 e. The lowest BCUT2D eigenvalue weighted by Gasteiger charge is -2.19. The molecule has 168 valence electrons. The Morgan fingerprint density at radius 1 is 1.10 bits per heavy atom. The molecule has 9 nitrogen and oxygen atoms in total. The largest absolute Gasteiger partial charge is 0.495 e. The van der Waals surface area contributed by atoms with Crippen LogP contribution in [0.2, 0.25) is 5.02 Å². The van der Waals surface area contributed by atoms with Crippen molar-refractivity contribution in [2.75, 3.05) is 31.5 Å². The third kappa shape index (κ3) is 6.02. The van der Waals surface area contributed by atoms with Gasteiger partial charge in [-0.3, -0.25) is 9.52 Å². The van der Waals surface area contributed by atoms with Crippen LogP contribution in [0.4, 0.5) is 5.69 Å². The van der Waals surface area contributed by atoms with E-state index in [2.05, 4.69) is 4.72 Å². The summed E-state index contributed by atoms with van der Waals surface area (Å²) in [4.78, 5) is 24.5. The number of amides is 1. The van der Waals surface area contributed by atoms with E-state index in [9.17, 15) is 18.0 Å². The molecule has 0 fully saturated rings. The fraction of sp³-hybridized carbons (Fsp3) is 0.300. The van der Waals surface area contributed by atoms with Gasteiger partial charge < -0.3 is 19.5 Å². The summed E-state index contributed by atoms with van der Waals surface area (Å²) in [5.74, 6) is -1.27. The maximum absolute atomic E-state index is 12.8. The van der Waals surface area contributed by atoms with Gasteiger partial charge in [-0.1, -0.05) is 11.6 Å². The first kappa shape index (κ1) is 24.3. The third-order valence-electron chi connectivity index (χ3n) is 4.35. The van der Waals surface area contributed by atoms with E-state index in [0.29, 0.717) is 13.1 Å². The van der Waals surface area contributed by atoms with E-state index in [1.165, 1.54) is 37.4 Å². The normalized spacial score (nSPS) is 11.0. The molecule has 2 aromatic rings. The number of nitrogens with one attached hydrogen (secondary N) is 1. The van der Waals surface area contributed by atoms with Crippen LogP contribution in [-0.4, -0.2) is 57.1 Å². The first-order valence-corrected chi connectivity index (χ1v) is 11.1. The van der Waals surface area contributed by atoms with Crippen LogP contribution in [0.15, 0.2) is 41.3 Å². The number of carbonyl (C=O) groups is 2. The number of ether oxygens (including phenoxy) is 2. The number of anilines is 1. The fourth-order valence-electron chi connectivity index (χ4n) is 2.72. The summed E-state index contributed by atoms with van der Waals surface area (Å²) >= 11 is 6.17. The van der Waals surface area contributed by atoms with E-state index in [0.717, 1.165) is 6.07 Å². The van der Waals surface area contributed by atoms with Gasteiger partial charge in [-0.2, -0.15) is 0 Å². The topological polar surface area (TPSA) is 122 Å². The van der Waals surface area contributed by atoms with Crippen molar-refractivity contribution in [2.24, 2.45) is 0 Å². The van der Waals surface area contributed by atoms with E-state index < -0.39 is 16.0 Å². The van der Waals surface area contributed by atoms with Gasteiger partial charge >= 0.3 is 5.97 Å². The summed E-state index contributed by atoms with van der Waals surface area (Å²) in [7, 11) is -2.91. The van der Waals surface area contributed by atoms with Gasteiger partial charge in [-0.15, -0.1) is 0 Å². The molecule has 31 heavy (non-hydrogen) atoms. The van der Waals surface area contributed by atoms with Gasteiger partial charge in [0.05, 0.1) is 23.4 Å².